The monoisotopic (exact) mass is 257 g/mol. The normalized spacial score (nSPS) is 16.8. The highest BCUT2D eigenvalue weighted by Crippen LogP contribution is 2.23. The van der Waals surface area contributed by atoms with Gasteiger partial charge in [-0.1, -0.05) is 0 Å². The molecule has 0 bridgehead atoms. The molecule has 0 spiro atoms. The third-order valence-corrected chi connectivity index (χ3v) is 3.88. The summed E-state index contributed by atoms with van der Waals surface area (Å²) in [6, 6.07) is 0. The summed E-state index contributed by atoms with van der Waals surface area (Å²) in [5.41, 5.74) is 0. The Kier molecular flexibility index (Phi) is 3.44. The van der Waals surface area contributed by atoms with Crippen molar-refractivity contribution in [2.75, 3.05) is 18.0 Å². The molecule has 1 fully saturated rings. The molecular weight excluding hydrogens is 238 g/mol. The van der Waals surface area contributed by atoms with Gasteiger partial charge in [-0.25, -0.2) is 9.97 Å². The molecule has 0 amide bonds. The lowest BCUT2D eigenvalue weighted by atomic mass is 9.93. The minimum absolute atomic E-state index is 0.731. The van der Waals surface area contributed by atoms with Crippen LogP contribution in [-0.4, -0.2) is 32.6 Å². The Bertz CT molecular complexity index is 514. The second kappa shape index (κ2) is 5.38. The van der Waals surface area contributed by atoms with Gasteiger partial charge in [-0.15, -0.1) is 0 Å². The van der Waals surface area contributed by atoms with E-state index in [-0.39, 0.29) is 0 Å². The number of hydrogen-bond donors (Lipinski definition) is 0. The number of anilines is 1. The van der Waals surface area contributed by atoms with E-state index >= 15 is 0 Å². The summed E-state index contributed by atoms with van der Waals surface area (Å²) in [5.74, 6) is 2.92. The third kappa shape index (κ3) is 2.75. The molecule has 3 rings (SSSR count). The molecule has 2 aromatic heterocycles. The lowest BCUT2D eigenvalue weighted by Gasteiger charge is -2.32. The summed E-state index contributed by atoms with van der Waals surface area (Å²) < 4.78 is 2.12. The van der Waals surface area contributed by atoms with Crippen molar-refractivity contribution < 1.29 is 0 Å². The Labute approximate surface area is 113 Å². The Balaban J connectivity index is 1.57. The number of nitrogens with zero attached hydrogens (tertiary/aromatic N) is 5. The summed E-state index contributed by atoms with van der Waals surface area (Å²) in [7, 11) is 2.07. The zero-order valence-corrected chi connectivity index (χ0v) is 11.2. The molecule has 19 heavy (non-hydrogen) atoms. The van der Waals surface area contributed by atoms with Crippen LogP contribution in [0.15, 0.2) is 31.0 Å². The smallest absolute Gasteiger partial charge is 0.147 e. The van der Waals surface area contributed by atoms with Gasteiger partial charge in [0.05, 0.1) is 6.20 Å². The van der Waals surface area contributed by atoms with Gasteiger partial charge in [0.2, 0.25) is 0 Å². The second-order valence-corrected chi connectivity index (χ2v) is 5.15. The van der Waals surface area contributed by atoms with Crippen molar-refractivity contribution in [3.63, 3.8) is 0 Å². The number of piperidine rings is 1. The van der Waals surface area contributed by atoms with Gasteiger partial charge < -0.3 is 9.47 Å². The Morgan fingerprint density at radius 3 is 2.63 bits per heavy atom. The van der Waals surface area contributed by atoms with Crippen LogP contribution >= 0.6 is 0 Å². The first-order valence-corrected chi connectivity index (χ1v) is 6.80. The summed E-state index contributed by atoms with van der Waals surface area (Å²) >= 11 is 0. The van der Waals surface area contributed by atoms with Crippen molar-refractivity contribution in [3.8, 4) is 0 Å². The van der Waals surface area contributed by atoms with Gasteiger partial charge in [-0.3, -0.25) is 4.98 Å². The predicted octanol–water partition coefficient (Wildman–Crippen LogP) is 1.67. The van der Waals surface area contributed by atoms with Crippen LogP contribution in [0.25, 0.3) is 0 Å². The zero-order chi connectivity index (χ0) is 13.1. The van der Waals surface area contributed by atoms with Gasteiger partial charge in [0.25, 0.3) is 0 Å². The van der Waals surface area contributed by atoms with Crippen molar-refractivity contribution in [1.82, 2.24) is 19.5 Å². The summed E-state index contributed by atoms with van der Waals surface area (Å²) in [4.78, 5) is 15.2. The largest absolute Gasteiger partial charge is 0.355 e. The quantitative estimate of drug-likeness (QED) is 0.839. The lowest BCUT2D eigenvalue weighted by molar-refractivity contribution is 0.392. The number of imidazole rings is 1. The number of aromatic nitrogens is 4. The highest BCUT2D eigenvalue weighted by Gasteiger charge is 2.21. The van der Waals surface area contributed by atoms with Crippen LogP contribution in [0, 0.1) is 5.92 Å². The molecular formula is C14H19N5. The number of rotatable bonds is 3. The highest BCUT2D eigenvalue weighted by molar-refractivity contribution is 5.35. The van der Waals surface area contributed by atoms with E-state index in [4.69, 9.17) is 0 Å². The lowest BCUT2D eigenvalue weighted by Crippen LogP contribution is -2.35. The van der Waals surface area contributed by atoms with E-state index in [0.717, 1.165) is 31.2 Å². The van der Waals surface area contributed by atoms with Gasteiger partial charge in [0.1, 0.15) is 11.6 Å². The maximum Gasteiger partial charge on any atom is 0.147 e. The van der Waals surface area contributed by atoms with E-state index in [1.807, 2.05) is 18.6 Å². The first-order chi connectivity index (χ1) is 9.33. The highest BCUT2D eigenvalue weighted by atomic mass is 15.2. The zero-order valence-electron chi connectivity index (χ0n) is 11.2. The number of hydrogen-bond acceptors (Lipinski definition) is 4. The Morgan fingerprint density at radius 1 is 1.16 bits per heavy atom. The molecule has 5 nitrogen and oxygen atoms in total. The maximum atomic E-state index is 4.41. The third-order valence-electron chi connectivity index (χ3n) is 3.88. The van der Waals surface area contributed by atoms with E-state index in [1.54, 1.807) is 12.4 Å². The SMILES string of the molecule is Cn1ccnc1CC1CCN(c2cnccn2)CC1. The topological polar surface area (TPSA) is 46.8 Å². The van der Waals surface area contributed by atoms with E-state index in [9.17, 15) is 0 Å². The average molecular weight is 257 g/mol. The Hall–Kier alpha value is -1.91. The van der Waals surface area contributed by atoms with Crippen LogP contribution in [0.2, 0.25) is 0 Å². The number of aryl methyl sites for hydroxylation is 1. The van der Waals surface area contributed by atoms with Gasteiger partial charge in [-0.05, 0) is 18.8 Å². The summed E-state index contributed by atoms with van der Waals surface area (Å²) in [6.07, 6.45) is 12.7. The molecule has 0 atom stereocenters. The van der Waals surface area contributed by atoms with Crippen LogP contribution in [0.5, 0.6) is 0 Å². The molecule has 3 heterocycles. The minimum Gasteiger partial charge on any atom is -0.355 e. The van der Waals surface area contributed by atoms with Crippen LogP contribution in [0.3, 0.4) is 0 Å². The van der Waals surface area contributed by atoms with E-state index in [0.29, 0.717) is 0 Å². The molecule has 1 aliphatic heterocycles. The van der Waals surface area contributed by atoms with Crippen molar-refractivity contribution in [3.05, 3.63) is 36.8 Å². The van der Waals surface area contributed by atoms with Crippen LogP contribution in [0.4, 0.5) is 5.82 Å². The van der Waals surface area contributed by atoms with Gasteiger partial charge >= 0.3 is 0 Å². The Morgan fingerprint density at radius 2 is 2.00 bits per heavy atom. The van der Waals surface area contributed by atoms with Crippen molar-refractivity contribution in [2.45, 2.75) is 19.3 Å². The fraction of sp³-hybridized carbons (Fsp3) is 0.500. The minimum atomic E-state index is 0.731. The standard InChI is InChI=1S/C14H19N5/c1-18-9-6-17-13(18)10-12-2-7-19(8-3-12)14-11-15-4-5-16-14/h4-6,9,11-12H,2-3,7-8,10H2,1H3. The molecule has 1 saturated heterocycles. The van der Waals surface area contributed by atoms with Crippen LogP contribution in [-0.2, 0) is 13.5 Å². The fourth-order valence-corrected chi connectivity index (χ4v) is 2.67. The summed E-state index contributed by atoms with van der Waals surface area (Å²) in [6.45, 7) is 2.13. The fourth-order valence-electron chi connectivity index (χ4n) is 2.67. The van der Waals surface area contributed by atoms with E-state index < -0.39 is 0 Å². The van der Waals surface area contributed by atoms with Crippen molar-refractivity contribution >= 4 is 5.82 Å². The molecule has 100 valence electrons. The predicted molar refractivity (Wildman–Crippen MR) is 73.9 cm³/mol. The van der Waals surface area contributed by atoms with E-state index in [1.165, 1.54) is 18.7 Å². The van der Waals surface area contributed by atoms with Gasteiger partial charge in [0.15, 0.2) is 0 Å². The maximum absolute atomic E-state index is 4.41. The van der Waals surface area contributed by atoms with E-state index in [2.05, 4.69) is 31.5 Å². The molecule has 1 aliphatic rings. The molecule has 2 aromatic rings. The van der Waals surface area contributed by atoms with Crippen molar-refractivity contribution in [2.24, 2.45) is 13.0 Å². The van der Waals surface area contributed by atoms with Gasteiger partial charge in [0, 0.05) is 51.3 Å². The second-order valence-electron chi connectivity index (χ2n) is 5.15. The first kappa shape index (κ1) is 12.1. The molecule has 0 radical (unpaired) electrons. The summed E-state index contributed by atoms with van der Waals surface area (Å²) in [5, 5.41) is 0. The molecule has 5 heteroatoms. The first-order valence-electron chi connectivity index (χ1n) is 6.80. The van der Waals surface area contributed by atoms with Crippen LogP contribution < -0.4 is 4.90 Å². The molecule has 0 aromatic carbocycles. The molecule has 0 aliphatic carbocycles. The molecule has 0 N–H and O–H groups in total. The molecule has 0 unspecified atom stereocenters. The van der Waals surface area contributed by atoms with Crippen LogP contribution in [0.1, 0.15) is 18.7 Å². The molecule has 0 saturated carbocycles. The van der Waals surface area contributed by atoms with Gasteiger partial charge in [-0.2, -0.15) is 0 Å². The van der Waals surface area contributed by atoms with Crippen molar-refractivity contribution in [1.29, 1.82) is 0 Å². The average Bonchev–Trinajstić information content (AvgIpc) is 2.86.